The van der Waals surface area contributed by atoms with Gasteiger partial charge in [0.05, 0.1) is 0 Å². The summed E-state index contributed by atoms with van der Waals surface area (Å²) < 4.78 is 18.3. The normalized spacial score (nSPS) is 10.4. The highest BCUT2D eigenvalue weighted by Gasteiger charge is 2.15. The zero-order chi connectivity index (χ0) is 13.7. The average Bonchev–Trinajstić information content (AvgIpc) is 2.88. The fourth-order valence-corrected chi connectivity index (χ4v) is 1.51. The molecule has 0 spiro atoms. The molecule has 0 bridgehead atoms. The zero-order valence-corrected chi connectivity index (χ0v) is 10.5. The summed E-state index contributed by atoms with van der Waals surface area (Å²) in [7, 11) is 0. The summed E-state index contributed by atoms with van der Waals surface area (Å²) >= 11 is 0. The lowest BCUT2D eigenvalue weighted by atomic mass is 10.2. The molecule has 0 aliphatic rings. The fourth-order valence-electron chi connectivity index (χ4n) is 1.51. The van der Waals surface area contributed by atoms with Gasteiger partial charge in [-0.05, 0) is 24.6 Å². The Morgan fingerprint density at radius 1 is 1.42 bits per heavy atom. The number of nitrogens with one attached hydrogen (secondary N) is 1. The van der Waals surface area contributed by atoms with E-state index in [4.69, 9.17) is 4.42 Å². The van der Waals surface area contributed by atoms with Crippen molar-refractivity contribution in [2.24, 2.45) is 0 Å². The second-order valence-electron chi connectivity index (χ2n) is 4.03. The molecule has 1 heterocycles. The number of hydrogen-bond acceptors (Lipinski definition) is 4. The summed E-state index contributed by atoms with van der Waals surface area (Å²) in [6.45, 7) is 2.59. The number of unbranched alkanes of at least 4 members (excludes halogenated alkanes) is 1. The standard InChI is InChI=1S/C13H14FN3O2/c1-2-3-7-15-11(18)13-17-16-12(19-13)9-5-4-6-10(14)8-9/h4-6,8H,2-3,7H2,1H3,(H,15,18). The number of rotatable bonds is 5. The van der Waals surface area contributed by atoms with Gasteiger partial charge >= 0.3 is 11.8 Å². The first kappa shape index (κ1) is 13.2. The number of carbonyl (C=O) groups is 1. The molecule has 0 fully saturated rings. The molecule has 5 nitrogen and oxygen atoms in total. The van der Waals surface area contributed by atoms with Crippen LogP contribution in [0, 0.1) is 5.82 Å². The van der Waals surface area contributed by atoms with Gasteiger partial charge in [-0.25, -0.2) is 4.39 Å². The van der Waals surface area contributed by atoms with Crippen LogP contribution in [0.4, 0.5) is 4.39 Å². The molecule has 6 heteroatoms. The van der Waals surface area contributed by atoms with Crippen LogP contribution in [0.2, 0.25) is 0 Å². The van der Waals surface area contributed by atoms with Crippen molar-refractivity contribution >= 4 is 5.91 Å². The maximum absolute atomic E-state index is 13.1. The molecule has 2 rings (SSSR count). The van der Waals surface area contributed by atoms with Crippen molar-refractivity contribution in [3.63, 3.8) is 0 Å². The monoisotopic (exact) mass is 263 g/mol. The largest absolute Gasteiger partial charge is 0.412 e. The van der Waals surface area contributed by atoms with E-state index in [1.54, 1.807) is 6.07 Å². The van der Waals surface area contributed by atoms with Gasteiger partial charge in [-0.1, -0.05) is 19.4 Å². The van der Waals surface area contributed by atoms with Crippen molar-refractivity contribution in [1.82, 2.24) is 15.5 Å². The van der Waals surface area contributed by atoms with Crippen LogP contribution in [-0.4, -0.2) is 22.6 Å². The van der Waals surface area contributed by atoms with Crippen LogP contribution in [-0.2, 0) is 0 Å². The van der Waals surface area contributed by atoms with E-state index in [1.165, 1.54) is 18.2 Å². The summed E-state index contributed by atoms with van der Waals surface area (Å²) in [5.74, 6) is -0.802. The Labute approximate surface area is 109 Å². The number of aromatic nitrogens is 2. The number of amides is 1. The molecule has 0 radical (unpaired) electrons. The van der Waals surface area contributed by atoms with Gasteiger partial charge in [0.25, 0.3) is 0 Å². The summed E-state index contributed by atoms with van der Waals surface area (Å²) in [5, 5.41) is 10.0. The van der Waals surface area contributed by atoms with Crippen LogP contribution < -0.4 is 5.32 Å². The molecule has 0 aliphatic heterocycles. The van der Waals surface area contributed by atoms with Gasteiger partial charge in [0.2, 0.25) is 5.89 Å². The molecule has 2 aromatic rings. The Hall–Kier alpha value is -2.24. The van der Waals surface area contributed by atoms with Gasteiger partial charge in [0.15, 0.2) is 0 Å². The quantitative estimate of drug-likeness (QED) is 0.841. The minimum atomic E-state index is -0.413. The second kappa shape index (κ2) is 6.08. The first-order chi connectivity index (χ1) is 9.20. The molecule has 1 amide bonds. The van der Waals surface area contributed by atoms with E-state index >= 15 is 0 Å². The first-order valence-electron chi connectivity index (χ1n) is 6.08. The Balaban J connectivity index is 2.08. The van der Waals surface area contributed by atoms with Gasteiger partial charge in [0, 0.05) is 12.1 Å². The molecule has 1 N–H and O–H groups in total. The van der Waals surface area contributed by atoms with Crippen molar-refractivity contribution in [2.45, 2.75) is 19.8 Å². The lowest BCUT2D eigenvalue weighted by molar-refractivity contribution is 0.0919. The average molecular weight is 263 g/mol. The minimum Gasteiger partial charge on any atom is -0.412 e. The maximum atomic E-state index is 13.1. The van der Waals surface area contributed by atoms with Gasteiger partial charge in [-0.3, -0.25) is 4.79 Å². The molecule has 0 saturated carbocycles. The molecule has 100 valence electrons. The molecular formula is C13H14FN3O2. The third-order valence-corrected chi connectivity index (χ3v) is 2.51. The molecule has 1 aromatic heterocycles. The van der Waals surface area contributed by atoms with Gasteiger partial charge in [-0.2, -0.15) is 0 Å². The maximum Gasteiger partial charge on any atom is 0.308 e. The van der Waals surface area contributed by atoms with Crippen LogP contribution in [0.25, 0.3) is 11.5 Å². The highest BCUT2D eigenvalue weighted by Crippen LogP contribution is 2.18. The number of benzene rings is 1. The summed E-state index contributed by atoms with van der Waals surface area (Å²) in [6.07, 6.45) is 1.87. The smallest absolute Gasteiger partial charge is 0.308 e. The Kier molecular flexibility index (Phi) is 4.22. The van der Waals surface area contributed by atoms with Crippen molar-refractivity contribution in [2.75, 3.05) is 6.54 Å². The van der Waals surface area contributed by atoms with E-state index in [2.05, 4.69) is 15.5 Å². The van der Waals surface area contributed by atoms with E-state index in [0.29, 0.717) is 12.1 Å². The Bertz CT molecular complexity index is 569. The third-order valence-electron chi connectivity index (χ3n) is 2.51. The van der Waals surface area contributed by atoms with E-state index in [1.807, 2.05) is 6.92 Å². The van der Waals surface area contributed by atoms with E-state index in [0.717, 1.165) is 12.8 Å². The predicted octanol–water partition coefficient (Wildman–Crippen LogP) is 2.41. The highest BCUT2D eigenvalue weighted by molar-refractivity contribution is 5.89. The first-order valence-corrected chi connectivity index (χ1v) is 6.08. The van der Waals surface area contributed by atoms with Gasteiger partial charge in [0.1, 0.15) is 5.82 Å². The number of halogens is 1. The third kappa shape index (κ3) is 3.37. The molecule has 0 unspecified atom stereocenters. The van der Waals surface area contributed by atoms with Crippen molar-refractivity contribution in [3.05, 3.63) is 36.0 Å². The molecular weight excluding hydrogens is 249 g/mol. The number of hydrogen-bond donors (Lipinski definition) is 1. The Morgan fingerprint density at radius 2 is 2.26 bits per heavy atom. The summed E-state index contributed by atoms with van der Waals surface area (Å²) in [5.41, 5.74) is 0.445. The van der Waals surface area contributed by atoms with Crippen LogP contribution in [0.5, 0.6) is 0 Å². The van der Waals surface area contributed by atoms with Crippen molar-refractivity contribution in [1.29, 1.82) is 0 Å². The minimum absolute atomic E-state index is 0.115. The molecule has 0 aliphatic carbocycles. The fraction of sp³-hybridized carbons (Fsp3) is 0.308. The number of carbonyl (C=O) groups excluding carboxylic acids is 1. The number of nitrogens with zero attached hydrogens (tertiary/aromatic N) is 2. The van der Waals surface area contributed by atoms with E-state index in [9.17, 15) is 9.18 Å². The molecule has 0 saturated heterocycles. The predicted molar refractivity (Wildman–Crippen MR) is 66.9 cm³/mol. The van der Waals surface area contributed by atoms with Crippen LogP contribution in [0.3, 0.4) is 0 Å². The van der Waals surface area contributed by atoms with Crippen LogP contribution >= 0.6 is 0 Å². The lowest BCUT2D eigenvalue weighted by Gasteiger charge is -1.99. The van der Waals surface area contributed by atoms with Gasteiger partial charge in [-0.15, -0.1) is 10.2 Å². The van der Waals surface area contributed by atoms with Crippen molar-refractivity contribution < 1.29 is 13.6 Å². The Morgan fingerprint density at radius 3 is 3.00 bits per heavy atom. The highest BCUT2D eigenvalue weighted by atomic mass is 19.1. The van der Waals surface area contributed by atoms with Crippen molar-refractivity contribution in [3.8, 4) is 11.5 Å². The van der Waals surface area contributed by atoms with Crippen LogP contribution in [0.1, 0.15) is 30.5 Å². The van der Waals surface area contributed by atoms with E-state index in [-0.39, 0.29) is 11.8 Å². The molecule has 19 heavy (non-hydrogen) atoms. The van der Waals surface area contributed by atoms with Crippen LogP contribution in [0.15, 0.2) is 28.7 Å². The van der Waals surface area contributed by atoms with Gasteiger partial charge < -0.3 is 9.73 Å². The summed E-state index contributed by atoms with van der Waals surface area (Å²) in [6, 6.07) is 5.76. The molecule has 0 atom stereocenters. The summed E-state index contributed by atoms with van der Waals surface area (Å²) in [4.78, 5) is 11.6. The molecule has 1 aromatic carbocycles. The lowest BCUT2D eigenvalue weighted by Crippen LogP contribution is -2.24. The second-order valence-corrected chi connectivity index (χ2v) is 4.03. The SMILES string of the molecule is CCCCNC(=O)c1nnc(-c2cccc(F)c2)o1. The topological polar surface area (TPSA) is 68.0 Å². The van der Waals surface area contributed by atoms with E-state index < -0.39 is 11.7 Å². The zero-order valence-electron chi connectivity index (χ0n) is 10.5.